The Balaban J connectivity index is 1.98. The Bertz CT molecular complexity index is 412. The Morgan fingerprint density at radius 2 is 2.32 bits per heavy atom. The molecule has 0 fully saturated rings. The Kier molecular flexibility index (Phi) is 4.30. The van der Waals surface area contributed by atoms with Gasteiger partial charge in [0.15, 0.2) is 6.10 Å². The molecule has 19 heavy (non-hydrogen) atoms. The second kappa shape index (κ2) is 5.78. The molecule has 3 atom stereocenters. The number of allylic oxidation sites excluding steroid dienone is 1. The number of esters is 1. The van der Waals surface area contributed by atoms with Crippen LogP contribution in [0.1, 0.15) is 33.6 Å². The van der Waals surface area contributed by atoms with Crippen molar-refractivity contribution >= 4 is 5.97 Å². The predicted octanol–water partition coefficient (Wildman–Crippen LogP) is 2.15. The minimum absolute atomic E-state index is 0.0480. The smallest absolute Gasteiger partial charge is 0.347 e. The molecule has 2 aliphatic rings. The molecule has 2 N–H and O–H groups in total. The molecular weight excluding hydrogens is 242 g/mol. The minimum atomic E-state index is -0.469. The van der Waals surface area contributed by atoms with Gasteiger partial charge in [0.2, 0.25) is 0 Å². The standard InChI is InChI=1S/C15H23NO3/c1-9(2)8-18-15(17)14-6-4-11-10(3)12(16)5-7-13(11)19-14/h5,7,9-10,12,14H,4,6,8,16H2,1-3H3. The number of nitrogens with two attached hydrogens (primary N) is 1. The van der Waals surface area contributed by atoms with E-state index in [9.17, 15) is 4.79 Å². The highest BCUT2D eigenvalue weighted by atomic mass is 16.6. The van der Waals surface area contributed by atoms with E-state index in [2.05, 4.69) is 6.92 Å². The van der Waals surface area contributed by atoms with Gasteiger partial charge in [-0.25, -0.2) is 4.79 Å². The number of ether oxygens (including phenoxy) is 2. The van der Waals surface area contributed by atoms with Crippen molar-refractivity contribution in [1.29, 1.82) is 0 Å². The molecule has 0 amide bonds. The number of carbonyl (C=O) groups is 1. The number of hydrogen-bond donors (Lipinski definition) is 1. The molecule has 0 saturated carbocycles. The number of carbonyl (C=O) groups excluding carboxylic acids is 1. The van der Waals surface area contributed by atoms with Gasteiger partial charge in [-0.1, -0.05) is 26.8 Å². The van der Waals surface area contributed by atoms with Gasteiger partial charge >= 0.3 is 5.97 Å². The van der Waals surface area contributed by atoms with E-state index in [1.165, 1.54) is 5.57 Å². The summed E-state index contributed by atoms with van der Waals surface area (Å²) in [6, 6.07) is 0.0480. The molecule has 1 aliphatic heterocycles. The molecule has 1 aliphatic carbocycles. The van der Waals surface area contributed by atoms with Gasteiger partial charge in [-0.2, -0.15) is 0 Å². The van der Waals surface area contributed by atoms with Gasteiger partial charge < -0.3 is 15.2 Å². The molecule has 3 unspecified atom stereocenters. The largest absolute Gasteiger partial charge is 0.479 e. The van der Waals surface area contributed by atoms with E-state index in [-0.39, 0.29) is 17.9 Å². The monoisotopic (exact) mass is 265 g/mol. The van der Waals surface area contributed by atoms with Crippen molar-refractivity contribution in [2.75, 3.05) is 6.61 Å². The van der Waals surface area contributed by atoms with Crippen molar-refractivity contribution in [1.82, 2.24) is 0 Å². The summed E-state index contributed by atoms with van der Waals surface area (Å²) in [6.45, 7) is 6.58. The number of rotatable bonds is 3. The minimum Gasteiger partial charge on any atom is -0.479 e. The predicted molar refractivity (Wildman–Crippen MR) is 73.2 cm³/mol. The molecule has 1 heterocycles. The van der Waals surface area contributed by atoms with Crippen LogP contribution in [-0.4, -0.2) is 24.7 Å². The fourth-order valence-corrected chi connectivity index (χ4v) is 2.40. The molecule has 0 aromatic heterocycles. The molecule has 0 radical (unpaired) electrons. The highest BCUT2D eigenvalue weighted by Gasteiger charge is 2.33. The zero-order valence-corrected chi connectivity index (χ0v) is 11.9. The van der Waals surface area contributed by atoms with Crippen LogP contribution in [0, 0.1) is 11.8 Å². The summed E-state index contributed by atoms with van der Waals surface area (Å²) in [5.41, 5.74) is 7.22. The molecule has 0 bridgehead atoms. The molecule has 106 valence electrons. The Morgan fingerprint density at radius 1 is 1.58 bits per heavy atom. The molecule has 4 heteroatoms. The summed E-state index contributed by atoms with van der Waals surface area (Å²) in [6.07, 6.45) is 4.90. The molecular formula is C15H23NO3. The van der Waals surface area contributed by atoms with E-state index in [1.807, 2.05) is 26.0 Å². The van der Waals surface area contributed by atoms with E-state index in [0.717, 1.165) is 12.2 Å². The van der Waals surface area contributed by atoms with E-state index in [4.69, 9.17) is 15.2 Å². The first-order valence-electron chi connectivity index (χ1n) is 6.99. The quantitative estimate of drug-likeness (QED) is 0.794. The third-order valence-electron chi connectivity index (χ3n) is 3.68. The van der Waals surface area contributed by atoms with Gasteiger partial charge in [0.25, 0.3) is 0 Å². The lowest BCUT2D eigenvalue weighted by Gasteiger charge is -2.33. The first kappa shape index (κ1) is 14.1. The lowest BCUT2D eigenvalue weighted by Crippen LogP contribution is -2.36. The van der Waals surface area contributed by atoms with Gasteiger partial charge in [-0.15, -0.1) is 0 Å². The lowest BCUT2D eigenvalue weighted by molar-refractivity contribution is -0.156. The van der Waals surface area contributed by atoms with Gasteiger partial charge in [-0.3, -0.25) is 0 Å². The van der Waals surface area contributed by atoms with Crippen LogP contribution >= 0.6 is 0 Å². The van der Waals surface area contributed by atoms with E-state index < -0.39 is 6.10 Å². The zero-order valence-electron chi connectivity index (χ0n) is 11.9. The van der Waals surface area contributed by atoms with E-state index in [1.54, 1.807) is 0 Å². The Labute approximate surface area is 114 Å². The van der Waals surface area contributed by atoms with Gasteiger partial charge in [-0.05, 0) is 36.3 Å². The molecule has 0 aromatic carbocycles. The molecule has 0 saturated heterocycles. The molecule has 4 nitrogen and oxygen atoms in total. The summed E-state index contributed by atoms with van der Waals surface area (Å²) in [5.74, 6) is 1.19. The maximum Gasteiger partial charge on any atom is 0.347 e. The summed E-state index contributed by atoms with van der Waals surface area (Å²) in [4.78, 5) is 11.9. The molecule has 0 aromatic rings. The Hall–Kier alpha value is -1.29. The highest BCUT2D eigenvalue weighted by Crippen LogP contribution is 2.34. The second-order valence-electron chi connectivity index (χ2n) is 5.78. The van der Waals surface area contributed by atoms with Gasteiger partial charge in [0.05, 0.1) is 6.61 Å². The van der Waals surface area contributed by atoms with Gasteiger partial charge in [0.1, 0.15) is 5.76 Å². The van der Waals surface area contributed by atoms with Crippen LogP contribution in [-0.2, 0) is 14.3 Å². The topological polar surface area (TPSA) is 61.5 Å². The van der Waals surface area contributed by atoms with Crippen LogP contribution in [0.3, 0.4) is 0 Å². The van der Waals surface area contributed by atoms with Crippen LogP contribution in [0.15, 0.2) is 23.5 Å². The molecule has 0 spiro atoms. The normalized spacial score (nSPS) is 30.1. The lowest BCUT2D eigenvalue weighted by atomic mass is 9.84. The Morgan fingerprint density at radius 3 is 3.00 bits per heavy atom. The summed E-state index contributed by atoms with van der Waals surface area (Å²) < 4.78 is 11.0. The summed E-state index contributed by atoms with van der Waals surface area (Å²) in [7, 11) is 0. The maximum atomic E-state index is 11.9. The average Bonchev–Trinajstić information content (AvgIpc) is 2.40. The number of hydrogen-bond acceptors (Lipinski definition) is 4. The van der Waals surface area contributed by atoms with Crippen molar-refractivity contribution in [3.63, 3.8) is 0 Å². The van der Waals surface area contributed by atoms with Crippen LogP contribution < -0.4 is 5.73 Å². The van der Waals surface area contributed by atoms with Crippen molar-refractivity contribution < 1.29 is 14.3 Å². The highest BCUT2D eigenvalue weighted by molar-refractivity contribution is 5.75. The third-order valence-corrected chi connectivity index (χ3v) is 3.68. The third kappa shape index (κ3) is 3.18. The van der Waals surface area contributed by atoms with E-state index in [0.29, 0.717) is 18.9 Å². The van der Waals surface area contributed by atoms with Crippen LogP contribution in [0.4, 0.5) is 0 Å². The maximum absolute atomic E-state index is 11.9. The van der Waals surface area contributed by atoms with E-state index >= 15 is 0 Å². The first-order chi connectivity index (χ1) is 8.99. The SMILES string of the molecule is CC(C)COC(=O)C1CCC2=C(C=CC(N)C2C)O1. The first-order valence-corrected chi connectivity index (χ1v) is 6.99. The van der Waals surface area contributed by atoms with Crippen molar-refractivity contribution in [2.24, 2.45) is 17.6 Å². The second-order valence-corrected chi connectivity index (χ2v) is 5.78. The summed E-state index contributed by atoms with van der Waals surface area (Å²) in [5, 5.41) is 0. The zero-order chi connectivity index (χ0) is 14.0. The van der Waals surface area contributed by atoms with Crippen LogP contribution in [0.5, 0.6) is 0 Å². The molecule has 2 rings (SSSR count). The van der Waals surface area contributed by atoms with Crippen molar-refractivity contribution in [2.45, 2.75) is 45.8 Å². The fourth-order valence-electron chi connectivity index (χ4n) is 2.40. The van der Waals surface area contributed by atoms with Crippen molar-refractivity contribution in [3.05, 3.63) is 23.5 Å². The van der Waals surface area contributed by atoms with Crippen LogP contribution in [0.25, 0.3) is 0 Å². The van der Waals surface area contributed by atoms with Gasteiger partial charge in [0, 0.05) is 6.04 Å². The van der Waals surface area contributed by atoms with Crippen molar-refractivity contribution in [3.8, 4) is 0 Å². The summed E-state index contributed by atoms with van der Waals surface area (Å²) >= 11 is 0. The fraction of sp³-hybridized carbons (Fsp3) is 0.667. The van der Waals surface area contributed by atoms with Crippen LogP contribution in [0.2, 0.25) is 0 Å². The average molecular weight is 265 g/mol.